The number of carbonyl (C=O) groups is 1. The van der Waals surface area contributed by atoms with E-state index in [1.165, 1.54) is 48.8 Å². The summed E-state index contributed by atoms with van der Waals surface area (Å²) in [5, 5.41) is 0. The Balaban J connectivity index is 1.75. The fourth-order valence-electron chi connectivity index (χ4n) is 2.94. The Morgan fingerprint density at radius 3 is 2.62 bits per heavy atom. The Morgan fingerprint density at radius 1 is 1.33 bits per heavy atom. The summed E-state index contributed by atoms with van der Waals surface area (Å²) >= 11 is 0. The molecule has 21 heavy (non-hydrogen) atoms. The Labute approximate surface area is 127 Å². The molecule has 1 aromatic rings. The lowest BCUT2D eigenvalue weighted by Gasteiger charge is -2.26. The number of ether oxygens (including phenoxy) is 1. The number of hydrogen-bond acceptors (Lipinski definition) is 2. The minimum Gasteiger partial charge on any atom is -0.426 e. The first-order valence-electron chi connectivity index (χ1n) is 7.77. The Bertz CT molecular complexity index is 464. The maximum absolute atomic E-state index is 12.8. The van der Waals surface area contributed by atoms with Gasteiger partial charge in [-0.15, -0.1) is 6.58 Å². The van der Waals surface area contributed by atoms with Gasteiger partial charge in [-0.2, -0.15) is 0 Å². The molecule has 1 heterocycles. The van der Waals surface area contributed by atoms with Crippen LogP contribution in [0.3, 0.4) is 0 Å². The fourth-order valence-corrected chi connectivity index (χ4v) is 6.37. The van der Waals surface area contributed by atoms with Gasteiger partial charge in [0.25, 0.3) is 0 Å². The highest BCUT2D eigenvalue weighted by Gasteiger charge is 2.28. The van der Waals surface area contributed by atoms with Gasteiger partial charge >= 0.3 is 5.97 Å². The molecule has 2 rings (SSSR count). The minimum absolute atomic E-state index is 0.0261. The van der Waals surface area contributed by atoms with Crippen LogP contribution in [0.1, 0.15) is 25.7 Å². The predicted octanol–water partition coefficient (Wildman–Crippen LogP) is 4.33. The molecule has 1 aliphatic rings. The third-order valence-electron chi connectivity index (χ3n) is 4.23. The third kappa shape index (κ3) is 5.12. The van der Waals surface area contributed by atoms with Crippen molar-refractivity contribution in [3.63, 3.8) is 0 Å². The molecule has 1 fully saturated rings. The van der Waals surface area contributed by atoms with Crippen molar-refractivity contribution >= 4 is 14.8 Å². The zero-order valence-corrected chi connectivity index (χ0v) is 13.5. The number of benzene rings is 1. The molecule has 0 aliphatic carbocycles. The molecule has 4 heteroatoms. The summed E-state index contributed by atoms with van der Waals surface area (Å²) in [5.41, 5.74) is 0. The van der Waals surface area contributed by atoms with Gasteiger partial charge in [-0.25, -0.2) is 4.39 Å². The van der Waals surface area contributed by atoms with E-state index in [-0.39, 0.29) is 17.7 Å². The van der Waals surface area contributed by atoms with E-state index >= 15 is 0 Å². The van der Waals surface area contributed by atoms with Crippen LogP contribution in [0.4, 0.5) is 4.39 Å². The van der Waals surface area contributed by atoms with Gasteiger partial charge in [0.2, 0.25) is 0 Å². The molecule has 0 spiro atoms. The molecule has 1 saturated heterocycles. The lowest BCUT2D eigenvalue weighted by atomic mass is 10.0. The molecule has 0 unspecified atom stereocenters. The van der Waals surface area contributed by atoms with Gasteiger partial charge in [-0.3, -0.25) is 4.79 Å². The molecule has 1 aromatic carbocycles. The van der Waals surface area contributed by atoms with Crippen molar-refractivity contribution in [2.24, 2.45) is 5.92 Å². The van der Waals surface area contributed by atoms with Crippen LogP contribution in [0.2, 0.25) is 18.1 Å². The van der Waals surface area contributed by atoms with Crippen molar-refractivity contribution in [1.29, 1.82) is 0 Å². The zero-order chi connectivity index (χ0) is 15.1. The maximum Gasteiger partial charge on any atom is 0.314 e. The number of hydrogen-bond donors (Lipinski definition) is 0. The van der Waals surface area contributed by atoms with Gasteiger partial charge in [0.05, 0.1) is 5.92 Å². The van der Waals surface area contributed by atoms with Crippen molar-refractivity contribution in [3.05, 3.63) is 42.7 Å². The summed E-state index contributed by atoms with van der Waals surface area (Å²) in [5.74, 6) is -0.00839. The molecule has 0 amide bonds. The first-order chi connectivity index (χ1) is 10.2. The van der Waals surface area contributed by atoms with Gasteiger partial charge in [0.15, 0.2) is 0 Å². The van der Waals surface area contributed by atoms with Crippen LogP contribution in [0, 0.1) is 11.7 Å². The van der Waals surface area contributed by atoms with Gasteiger partial charge in [0, 0.05) is 8.80 Å². The van der Waals surface area contributed by atoms with Gasteiger partial charge < -0.3 is 4.74 Å². The van der Waals surface area contributed by atoms with E-state index < -0.39 is 8.80 Å². The molecule has 0 radical (unpaired) electrons. The van der Waals surface area contributed by atoms with Crippen molar-refractivity contribution in [2.75, 3.05) is 0 Å². The van der Waals surface area contributed by atoms with Crippen LogP contribution in [-0.2, 0) is 4.79 Å². The summed E-state index contributed by atoms with van der Waals surface area (Å²) in [6.45, 7) is 3.75. The molecule has 1 aliphatic heterocycles. The Kier molecular flexibility index (Phi) is 6.17. The van der Waals surface area contributed by atoms with Gasteiger partial charge in [-0.05, 0) is 43.5 Å². The van der Waals surface area contributed by atoms with Gasteiger partial charge in [0.1, 0.15) is 11.6 Å². The number of halogens is 1. The van der Waals surface area contributed by atoms with E-state index in [1.807, 2.05) is 6.08 Å². The summed E-state index contributed by atoms with van der Waals surface area (Å²) in [4.78, 5) is 12.1. The number of unbranched alkanes of at least 4 members (excludes halogenated alkanes) is 1. The summed E-state index contributed by atoms with van der Waals surface area (Å²) in [6, 6.07) is 9.47. The zero-order valence-electron chi connectivity index (χ0n) is 12.4. The number of allylic oxidation sites excluding steroid dienone is 1. The highest BCUT2D eigenvalue weighted by atomic mass is 28.3. The predicted molar refractivity (Wildman–Crippen MR) is 85.8 cm³/mol. The van der Waals surface area contributed by atoms with Crippen molar-refractivity contribution in [3.8, 4) is 5.75 Å². The normalized spacial score (nSPS) is 21.8. The smallest absolute Gasteiger partial charge is 0.314 e. The van der Waals surface area contributed by atoms with Crippen LogP contribution in [0.25, 0.3) is 0 Å². The van der Waals surface area contributed by atoms with Gasteiger partial charge in [-0.1, -0.05) is 30.6 Å². The van der Waals surface area contributed by atoms with E-state index in [1.54, 1.807) is 0 Å². The van der Waals surface area contributed by atoms with Crippen molar-refractivity contribution < 1.29 is 13.9 Å². The molecule has 0 atom stereocenters. The standard InChI is InChI=1S/C17H23FO2Si/c1-2-3-4-11-21-12-9-14(10-13-21)17(19)20-16-7-5-15(18)6-8-16/h2,5-8,14,21H,1,3-4,9-13H2/t14-,21-. The first kappa shape index (κ1) is 16.0. The average Bonchev–Trinajstić information content (AvgIpc) is 2.50. The van der Waals surface area contributed by atoms with E-state index in [9.17, 15) is 9.18 Å². The van der Waals surface area contributed by atoms with Crippen molar-refractivity contribution in [1.82, 2.24) is 0 Å². The molecular weight excluding hydrogens is 283 g/mol. The number of esters is 1. The number of carbonyl (C=O) groups excluding carboxylic acids is 1. The van der Waals surface area contributed by atoms with Crippen LogP contribution in [0.15, 0.2) is 36.9 Å². The Hall–Kier alpha value is -1.42. The topological polar surface area (TPSA) is 26.3 Å². The molecule has 0 bridgehead atoms. The average molecular weight is 306 g/mol. The van der Waals surface area contributed by atoms with E-state index in [0.717, 1.165) is 19.3 Å². The second-order valence-corrected chi connectivity index (χ2v) is 9.28. The Morgan fingerprint density at radius 2 is 2.00 bits per heavy atom. The molecule has 0 N–H and O–H groups in total. The van der Waals surface area contributed by atoms with Crippen LogP contribution in [0.5, 0.6) is 5.75 Å². The minimum atomic E-state index is -0.634. The SMILES string of the molecule is C=CCCC[Si@H]1CC[C@H](C(=O)Oc2ccc(F)cc2)CC1. The molecule has 114 valence electrons. The van der Waals surface area contributed by atoms with E-state index in [2.05, 4.69) is 6.58 Å². The lowest BCUT2D eigenvalue weighted by molar-refractivity contribution is -0.139. The summed E-state index contributed by atoms with van der Waals surface area (Å²) < 4.78 is 18.1. The first-order valence-corrected chi connectivity index (χ1v) is 10.2. The largest absolute Gasteiger partial charge is 0.426 e. The van der Waals surface area contributed by atoms with E-state index in [4.69, 9.17) is 4.74 Å². The fraction of sp³-hybridized carbons (Fsp3) is 0.471. The summed E-state index contributed by atoms with van der Waals surface area (Å²) in [6.07, 6.45) is 6.28. The van der Waals surface area contributed by atoms with Crippen LogP contribution in [-0.4, -0.2) is 14.8 Å². The van der Waals surface area contributed by atoms with E-state index in [0.29, 0.717) is 5.75 Å². The summed E-state index contributed by atoms with van der Waals surface area (Å²) in [7, 11) is -0.634. The third-order valence-corrected chi connectivity index (χ3v) is 7.76. The molecule has 0 saturated carbocycles. The quantitative estimate of drug-likeness (QED) is 0.257. The molecule has 0 aromatic heterocycles. The highest BCUT2D eigenvalue weighted by Crippen LogP contribution is 2.29. The number of rotatable bonds is 6. The van der Waals surface area contributed by atoms with Crippen LogP contribution >= 0.6 is 0 Å². The lowest BCUT2D eigenvalue weighted by Crippen LogP contribution is -2.28. The van der Waals surface area contributed by atoms with Crippen molar-refractivity contribution in [2.45, 2.75) is 43.8 Å². The maximum atomic E-state index is 12.8. The monoisotopic (exact) mass is 306 g/mol. The molecular formula is C17H23FO2Si. The molecule has 2 nitrogen and oxygen atoms in total. The second-order valence-electron chi connectivity index (χ2n) is 5.81. The highest BCUT2D eigenvalue weighted by molar-refractivity contribution is 6.59. The second kappa shape index (κ2) is 8.13. The van der Waals surface area contributed by atoms with Crippen LogP contribution < -0.4 is 4.74 Å².